The number of carbonyl (C=O) groups excluding carboxylic acids is 3. The van der Waals surface area contributed by atoms with Crippen molar-refractivity contribution in [1.29, 1.82) is 0 Å². The van der Waals surface area contributed by atoms with Gasteiger partial charge in [0.15, 0.2) is 0 Å². The maximum atomic E-state index is 13.2. The molecule has 0 saturated carbocycles. The van der Waals surface area contributed by atoms with E-state index in [2.05, 4.69) is 24.5 Å². The second-order valence-corrected chi connectivity index (χ2v) is 10.1. The molecule has 1 heterocycles. The van der Waals surface area contributed by atoms with Crippen molar-refractivity contribution in [2.75, 3.05) is 19.6 Å². The van der Waals surface area contributed by atoms with Crippen LogP contribution in [0.5, 0.6) is 0 Å². The van der Waals surface area contributed by atoms with Gasteiger partial charge >= 0.3 is 0 Å². The van der Waals surface area contributed by atoms with E-state index in [0.717, 1.165) is 38.5 Å². The smallest absolute Gasteiger partial charge is 0.253 e. The predicted octanol–water partition coefficient (Wildman–Crippen LogP) is 4.15. The molecule has 3 unspecified atom stereocenters. The molecule has 0 spiro atoms. The second kappa shape index (κ2) is 14.9. The highest BCUT2D eigenvalue weighted by Gasteiger charge is 2.28. The van der Waals surface area contributed by atoms with E-state index in [0.29, 0.717) is 43.1 Å². The molecule has 3 N–H and O–H groups in total. The Labute approximate surface area is 211 Å². The quantitative estimate of drug-likeness (QED) is 0.480. The van der Waals surface area contributed by atoms with Crippen molar-refractivity contribution in [2.24, 2.45) is 11.8 Å². The van der Waals surface area contributed by atoms with Gasteiger partial charge in [-0.05, 0) is 56.7 Å². The molecular formula is C28H45N3O4. The van der Waals surface area contributed by atoms with E-state index in [9.17, 15) is 19.5 Å². The first-order valence-corrected chi connectivity index (χ1v) is 13.4. The lowest BCUT2D eigenvalue weighted by Crippen LogP contribution is -2.46. The lowest BCUT2D eigenvalue weighted by atomic mass is 9.89. The van der Waals surface area contributed by atoms with Crippen LogP contribution in [0.15, 0.2) is 24.3 Å². The van der Waals surface area contributed by atoms with Crippen LogP contribution in [0.3, 0.4) is 0 Å². The molecule has 7 nitrogen and oxygen atoms in total. The summed E-state index contributed by atoms with van der Waals surface area (Å²) in [6.07, 6.45) is 6.00. The van der Waals surface area contributed by atoms with E-state index in [1.165, 1.54) is 0 Å². The summed E-state index contributed by atoms with van der Waals surface area (Å²) in [6, 6.07) is 6.33. The van der Waals surface area contributed by atoms with E-state index in [1.807, 2.05) is 18.7 Å². The molecule has 2 bridgehead atoms. The predicted molar refractivity (Wildman–Crippen MR) is 139 cm³/mol. The first-order valence-electron chi connectivity index (χ1n) is 13.4. The number of unbranched alkanes of at least 4 members (excludes halogenated alkanes) is 1. The van der Waals surface area contributed by atoms with Crippen LogP contribution in [0, 0.1) is 11.8 Å². The minimum atomic E-state index is -0.843. The molecule has 1 aromatic rings. The van der Waals surface area contributed by atoms with Crippen LogP contribution in [0.1, 0.15) is 99.8 Å². The molecule has 196 valence electrons. The van der Waals surface area contributed by atoms with Gasteiger partial charge in [0.05, 0.1) is 12.1 Å². The number of rotatable bonds is 8. The number of hydrogen-bond donors (Lipinski definition) is 3. The molecule has 2 rings (SSSR count). The number of aliphatic hydroxyl groups is 1. The minimum absolute atomic E-state index is 0.0649. The van der Waals surface area contributed by atoms with Crippen molar-refractivity contribution >= 4 is 17.7 Å². The van der Waals surface area contributed by atoms with Crippen molar-refractivity contribution in [2.45, 2.75) is 91.2 Å². The summed E-state index contributed by atoms with van der Waals surface area (Å²) in [6.45, 7) is 9.98. The number of carbonyl (C=O) groups is 3. The monoisotopic (exact) mass is 487 g/mol. The van der Waals surface area contributed by atoms with E-state index < -0.39 is 12.1 Å². The van der Waals surface area contributed by atoms with Gasteiger partial charge in [0.25, 0.3) is 11.8 Å². The molecule has 0 saturated heterocycles. The molecule has 1 aliphatic heterocycles. The Morgan fingerprint density at radius 3 is 2.66 bits per heavy atom. The third kappa shape index (κ3) is 9.28. The standard InChI is InChI=1S/C28H45N3O4/c1-5-7-15-29-26(33)21(4)18-25(32)24-17-20(3)12-9-8-10-16-31(6-2)28(35)23-14-11-13-22(19-23)27(34)30-24/h11,13-14,19-21,24-25,32H,5-10,12,15-18H2,1-4H3,(H,29,33)(H,30,34)/t20-,21?,24?,25?/m1/s1. The van der Waals surface area contributed by atoms with Gasteiger partial charge in [-0.15, -0.1) is 0 Å². The van der Waals surface area contributed by atoms with E-state index in [1.54, 1.807) is 24.3 Å². The van der Waals surface area contributed by atoms with E-state index in [4.69, 9.17) is 0 Å². The van der Waals surface area contributed by atoms with Crippen LogP contribution in [0.25, 0.3) is 0 Å². The highest BCUT2D eigenvalue weighted by atomic mass is 16.3. The highest BCUT2D eigenvalue weighted by molar-refractivity contribution is 5.99. The number of aliphatic hydroxyl groups excluding tert-OH is 1. The fraction of sp³-hybridized carbons (Fsp3) is 0.679. The van der Waals surface area contributed by atoms with Gasteiger partial charge in [-0.1, -0.05) is 52.5 Å². The summed E-state index contributed by atoms with van der Waals surface area (Å²) in [5, 5.41) is 17.0. The van der Waals surface area contributed by atoms with Crippen LogP contribution in [0.2, 0.25) is 0 Å². The molecule has 1 aromatic carbocycles. The van der Waals surface area contributed by atoms with E-state index in [-0.39, 0.29) is 30.1 Å². The number of nitrogens with one attached hydrogen (secondary N) is 2. The van der Waals surface area contributed by atoms with Gasteiger partial charge < -0.3 is 20.6 Å². The Hall–Kier alpha value is -2.41. The zero-order valence-electron chi connectivity index (χ0n) is 22.0. The average Bonchev–Trinajstić information content (AvgIpc) is 2.85. The summed E-state index contributed by atoms with van der Waals surface area (Å²) in [4.78, 5) is 40.4. The van der Waals surface area contributed by atoms with Crippen LogP contribution >= 0.6 is 0 Å². The maximum absolute atomic E-state index is 13.2. The molecule has 0 aromatic heterocycles. The third-order valence-electron chi connectivity index (χ3n) is 6.98. The molecule has 0 fully saturated rings. The number of nitrogens with zero attached hydrogens (tertiary/aromatic N) is 1. The number of amides is 3. The second-order valence-electron chi connectivity index (χ2n) is 10.1. The number of fused-ring (bicyclic) bond motifs is 2. The fourth-order valence-corrected chi connectivity index (χ4v) is 4.66. The van der Waals surface area contributed by atoms with Gasteiger partial charge in [0, 0.05) is 36.7 Å². The van der Waals surface area contributed by atoms with Crippen LogP contribution in [-0.4, -0.2) is 59.5 Å². The third-order valence-corrected chi connectivity index (χ3v) is 6.98. The largest absolute Gasteiger partial charge is 0.391 e. The number of benzene rings is 1. The van der Waals surface area contributed by atoms with Crippen molar-refractivity contribution in [3.63, 3.8) is 0 Å². The van der Waals surface area contributed by atoms with E-state index >= 15 is 0 Å². The van der Waals surface area contributed by atoms with Crippen molar-refractivity contribution < 1.29 is 19.5 Å². The Kier molecular flexibility index (Phi) is 12.2. The Balaban J connectivity index is 2.20. The van der Waals surface area contributed by atoms with Gasteiger partial charge in [0.1, 0.15) is 0 Å². The lowest BCUT2D eigenvalue weighted by Gasteiger charge is -2.28. The zero-order valence-corrected chi connectivity index (χ0v) is 22.0. The molecular weight excluding hydrogens is 442 g/mol. The molecule has 35 heavy (non-hydrogen) atoms. The normalized spacial score (nSPS) is 21.9. The fourth-order valence-electron chi connectivity index (χ4n) is 4.66. The Bertz CT molecular complexity index is 828. The summed E-state index contributed by atoms with van der Waals surface area (Å²) >= 11 is 0. The lowest BCUT2D eigenvalue weighted by molar-refractivity contribution is -0.125. The van der Waals surface area contributed by atoms with Crippen LogP contribution < -0.4 is 10.6 Å². The van der Waals surface area contributed by atoms with Gasteiger partial charge in [-0.2, -0.15) is 0 Å². The summed E-state index contributed by atoms with van der Waals surface area (Å²) in [7, 11) is 0. The first-order chi connectivity index (χ1) is 16.8. The summed E-state index contributed by atoms with van der Waals surface area (Å²) in [5.74, 6) is -0.491. The summed E-state index contributed by atoms with van der Waals surface area (Å²) in [5.41, 5.74) is 0.897. The zero-order chi connectivity index (χ0) is 25.8. The molecule has 0 radical (unpaired) electrons. The molecule has 7 heteroatoms. The van der Waals surface area contributed by atoms with Crippen molar-refractivity contribution in [3.05, 3.63) is 35.4 Å². The minimum Gasteiger partial charge on any atom is -0.391 e. The maximum Gasteiger partial charge on any atom is 0.253 e. The van der Waals surface area contributed by atoms with Crippen molar-refractivity contribution in [3.8, 4) is 0 Å². The molecule has 0 aliphatic carbocycles. The first kappa shape index (κ1) is 28.8. The topological polar surface area (TPSA) is 98.7 Å². The van der Waals surface area contributed by atoms with Gasteiger partial charge in [-0.25, -0.2) is 0 Å². The average molecular weight is 488 g/mol. The SMILES string of the molecule is CCCCNC(=O)C(C)CC(O)C1C[C@H](C)CCCCCN(CC)C(=O)c2cccc(c2)C(=O)N1. The molecule has 1 aliphatic rings. The van der Waals surface area contributed by atoms with Crippen LogP contribution in [0.4, 0.5) is 0 Å². The van der Waals surface area contributed by atoms with Crippen LogP contribution in [-0.2, 0) is 4.79 Å². The molecule has 4 atom stereocenters. The van der Waals surface area contributed by atoms with Gasteiger partial charge in [0.2, 0.25) is 5.91 Å². The molecule has 3 amide bonds. The Morgan fingerprint density at radius 1 is 1.20 bits per heavy atom. The summed E-state index contributed by atoms with van der Waals surface area (Å²) < 4.78 is 0. The Morgan fingerprint density at radius 2 is 1.94 bits per heavy atom. The van der Waals surface area contributed by atoms with Gasteiger partial charge in [-0.3, -0.25) is 14.4 Å². The number of hydrogen-bond acceptors (Lipinski definition) is 4. The van der Waals surface area contributed by atoms with Crippen molar-refractivity contribution in [1.82, 2.24) is 15.5 Å². The highest BCUT2D eigenvalue weighted by Crippen LogP contribution is 2.21.